The lowest BCUT2D eigenvalue weighted by Crippen LogP contribution is -2.20. The van der Waals surface area contributed by atoms with Gasteiger partial charge in [0.15, 0.2) is 0 Å². The maximum absolute atomic E-state index is 11.8. The van der Waals surface area contributed by atoms with Crippen LogP contribution in [0.5, 0.6) is 0 Å². The number of hydrogen-bond acceptors (Lipinski definition) is 2. The Labute approximate surface area is 119 Å². The number of rotatable bonds is 3. The summed E-state index contributed by atoms with van der Waals surface area (Å²) in [5.74, 6) is 1.21. The summed E-state index contributed by atoms with van der Waals surface area (Å²) in [4.78, 5) is 19.4. The molecule has 20 heavy (non-hydrogen) atoms. The van der Waals surface area contributed by atoms with Gasteiger partial charge in [0.25, 0.3) is 5.56 Å². The fourth-order valence-electron chi connectivity index (χ4n) is 3.04. The molecule has 0 saturated carbocycles. The van der Waals surface area contributed by atoms with Crippen LogP contribution in [-0.2, 0) is 19.3 Å². The maximum Gasteiger partial charge on any atom is 0.251 e. The van der Waals surface area contributed by atoms with E-state index in [-0.39, 0.29) is 5.56 Å². The minimum atomic E-state index is -0.0164. The summed E-state index contributed by atoms with van der Waals surface area (Å²) in [7, 11) is 0. The second kappa shape index (κ2) is 5.61. The molecule has 1 aromatic carbocycles. The van der Waals surface area contributed by atoms with Crippen LogP contribution in [0.1, 0.15) is 48.3 Å². The zero-order valence-corrected chi connectivity index (χ0v) is 11.9. The second-order valence-corrected chi connectivity index (χ2v) is 5.58. The average Bonchev–Trinajstić information content (AvgIpc) is 2.46. The molecule has 3 nitrogen and oxygen atoms in total. The minimum Gasteiger partial charge on any atom is -0.310 e. The SMILES string of the molecule is CCCc1cc(=O)[nH]c(C2CCc3ccccc3C2)n1. The van der Waals surface area contributed by atoms with Crippen LogP contribution in [0.2, 0.25) is 0 Å². The smallest absolute Gasteiger partial charge is 0.251 e. The fourth-order valence-corrected chi connectivity index (χ4v) is 3.04. The molecule has 0 radical (unpaired) electrons. The van der Waals surface area contributed by atoms with Crippen molar-refractivity contribution >= 4 is 0 Å². The van der Waals surface area contributed by atoms with Crippen LogP contribution in [0.3, 0.4) is 0 Å². The van der Waals surface area contributed by atoms with Crippen LogP contribution < -0.4 is 5.56 Å². The van der Waals surface area contributed by atoms with E-state index in [2.05, 4.69) is 41.2 Å². The molecule has 1 aliphatic rings. The predicted molar refractivity (Wildman–Crippen MR) is 80.1 cm³/mol. The van der Waals surface area contributed by atoms with Gasteiger partial charge < -0.3 is 4.98 Å². The number of aromatic amines is 1. The monoisotopic (exact) mass is 268 g/mol. The van der Waals surface area contributed by atoms with Crippen molar-refractivity contribution in [2.45, 2.75) is 44.9 Å². The van der Waals surface area contributed by atoms with Crippen LogP contribution in [0.25, 0.3) is 0 Å². The Hall–Kier alpha value is -1.90. The van der Waals surface area contributed by atoms with Gasteiger partial charge in [-0.25, -0.2) is 4.98 Å². The van der Waals surface area contributed by atoms with E-state index >= 15 is 0 Å². The van der Waals surface area contributed by atoms with Gasteiger partial charge in [0, 0.05) is 17.7 Å². The summed E-state index contributed by atoms with van der Waals surface area (Å²) in [6, 6.07) is 10.2. The van der Waals surface area contributed by atoms with Gasteiger partial charge in [0.1, 0.15) is 5.82 Å². The molecular weight excluding hydrogens is 248 g/mol. The summed E-state index contributed by atoms with van der Waals surface area (Å²) in [5, 5.41) is 0. The van der Waals surface area contributed by atoms with Gasteiger partial charge in [-0.3, -0.25) is 4.79 Å². The van der Waals surface area contributed by atoms with Gasteiger partial charge in [-0.2, -0.15) is 0 Å². The molecule has 1 aromatic heterocycles. The number of hydrogen-bond donors (Lipinski definition) is 1. The zero-order valence-electron chi connectivity index (χ0n) is 11.9. The molecule has 1 aliphatic carbocycles. The van der Waals surface area contributed by atoms with Crippen LogP contribution in [0.15, 0.2) is 35.1 Å². The van der Waals surface area contributed by atoms with Gasteiger partial charge >= 0.3 is 0 Å². The highest BCUT2D eigenvalue weighted by Crippen LogP contribution is 2.30. The van der Waals surface area contributed by atoms with Crippen LogP contribution >= 0.6 is 0 Å². The largest absolute Gasteiger partial charge is 0.310 e. The van der Waals surface area contributed by atoms with Gasteiger partial charge in [-0.1, -0.05) is 37.6 Å². The van der Waals surface area contributed by atoms with Crippen molar-refractivity contribution in [3.63, 3.8) is 0 Å². The molecule has 0 aliphatic heterocycles. The number of aryl methyl sites for hydroxylation is 2. The van der Waals surface area contributed by atoms with E-state index in [4.69, 9.17) is 0 Å². The summed E-state index contributed by atoms with van der Waals surface area (Å²) in [6.45, 7) is 2.11. The molecule has 0 spiro atoms. The van der Waals surface area contributed by atoms with Crippen molar-refractivity contribution in [2.75, 3.05) is 0 Å². The number of fused-ring (bicyclic) bond motifs is 1. The van der Waals surface area contributed by atoms with Crippen molar-refractivity contribution in [2.24, 2.45) is 0 Å². The molecule has 1 heterocycles. The lowest BCUT2D eigenvalue weighted by atomic mass is 9.83. The first kappa shape index (κ1) is 13.1. The molecule has 104 valence electrons. The van der Waals surface area contributed by atoms with Crippen molar-refractivity contribution in [1.82, 2.24) is 9.97 Å². The van der Waals surface area contributed by atoms with Gasteiger partial charge in [-0.05, 0) is 36.8 Å². The molecule has 1 N–H and O–H groups in total. The molecule has 2 aromatic rings. The van der Waals surface area contributed by atoms with E-state index in [1.165, 1.54) is 11.1 Å². The number of aromatic nitrogens is 2. The number of nitrogens with one attached hydrogen (secondary N) is 1. The highest BCUT2D eigenvalue weighted by molar-refractivity contribution is 5.31. The molecular formula is C17H20N2O. The van der Waals surface area contributed by atoms with Gasteiger partial charge in [0.05, 0.1) is 0 Å². The Morgan fingerprint density at radius 3 is 2.90 bits per heavy atom. The third-order valence-corrected chi connectivity index (χ3v) is 4.05. The molecule has 3 rings (SSSR count). The summed E-state index contributed by atoms with van der Waals surface area (Å²) in [5.41, 5.74) is 3.74. The highest BCUT2D eigenvalue weighted by atomic mass is 16.1. The first-order valence-electron chi connectivity index (χ1n) is 7.43. The summed E-state index contributed by atoms with van der Waals surface area (Å²) in [6.07, 6.45) is 5.01. The van der Waals surface area contributed by atoms with E-state index < -0.39 is 0 Å². The first-order valence-corrected chi connectivity index (χ1v) is 7.43. The minimum absolute atomic E-state index is 0.0164. The van der Waals surface area contributed by atoms with Crippen LogP contribution in [0, 0.1) is 0 Å². The van der Waals surface area contributed by atoms with E-state index in [1.807, 2.05) is 0 Å². The molecule has 0 fully saturated rings. The molecule has 1 unspecified atom stereocenters. The molecule has 1 atom stereocenters. The van der Waals surface area contributed by atoms with Gasteiger partial charge in [0.2, 0.25) is 0 Å². The predicted octanol–water partition coefficient (Wildman–Crippen LogP) is 2.99. The lowest BCUT2D eigenvalue weighted by Gasteiger charge is -2.24. The van der Waals surface area contributed by atoms with Crippen molar-refractivity contribution < 1.29 is 0 Å². The fraction of sp³-hybridized carbons (Fsp3) is 0.412. The number of benzene rings is 1. The average molecular weight is 268 g/mol. The zero-order chi connectivity index (χ0) is 13.9. The normalized spacial score (nSPS) is 17.8. The highest BCUT2D eigenvalue weighted by Gasteiger charge is 2.21. The third-order valence-electron chi connectivity index (χ3n) is 4.05. The molecule has 0 saturated heterocycles. The Morgan fingerprint density at radius 2 is 2.10 bits per heavy atom. The van der Waals surface area contributed by atoms with Crippen LogP contribution in [0.4, 0.5) is 0 Å². The topological polar surface area (TPSA) is 45.8 Å². The van der Waals surface area contributed by atoms with Crippen molar-refractivity contribution in [1.29, 1.82) is 0 Å². The summed E-state index contributed by atoms with van der Waals surface area (Å²) >= 11 is 0. The van der Waals surface area contributed by atoms with E-state index in [0.717, 1.165) is 43.6 Å². The quantitative estimate of drug-likeness (QED) is 0.930. The first-order chi connectivity index (χ1) is 9.76. The van der Waals surface area contributed by atoms with E-state index in [0.29, 0.717) is 5.92 Å². The van der Waals surface area contributed by atoms with E-state index in [1.54, 1.807) is 6.07 Å². The number of nitrogens with zero attached hydrogens (tertiary/aromatic N) is 1. The maximum atomic E-state index is 11.8. The Kier molecular flexibility index (Phi) is 3.68. The Bertz CT molecular complexity index is 660. The van der Waals surface area contributed by atoms with Crippen molar-refractivity contribution in [3.05, 3.63) is 63.3 Å². The molecule has 3 heteroatoms. The van der Waals surface area contributed by atoms with Crippen LogP contribution in [-0.4, -0.2) is 9.97 Å². The standard InChI is InChI=1S/C17H20N2O/c1-2-5-15-11-16(20)19-17(18-15)14-9-8-12-6-3-4-7-13(12)10-14/h3-4,6-7,11,14H,2,5,8-10H2,1H3,(H,18,19,20). The second-order valence-electron chi connectivity index (χ2n) is 5.58. The Balaban J connectivity index is 1.89. The number of H-pyrrole nitrogens is 1. The van der Waals surface area contributed by atoms with E-state index in [9.17, 15) is 4.79 Å². The molecule has 0 bridgehead atoms. The Morgan fingerprint density at radius 1 is 1.30 bits per heavy atom. The lowest BCUT2D eigenvalue weighted by molar-refractivity contribution is 0.549. The molecule has 0 amide bonds. The summed E-state index contributed by atoms with van der Waals surface area (Å²) < 4.78 is 0. The third kappa shape index (κ3) is 2.67. The van der Waals surface area contributed by atoms with Crippen molar-refractivity contribution in [3.8, 4) is 0 Å². The van der Waals surface area contributed by atoms with Gasteiger partial charge in [-0.15, -0.1) is 0 Å².